The zero-order chi connectivity index (χ0) is 15.0. The van der Waals surface area contributed by atoms with Gasteiger partial charge in [-0.15, -0.1) is 6.42 Å². The van der Waals surface area contributed by atoms with Crippen LogP contribution in [0.15, 0.2) is 18.2 Å². The van der Waals surface area contributed by atoms with Crippen LogP contribution in [0, 0.1) is 26.2 Å². The van der Waals surface area contributed by atoms with E-state index in [2.05, 4.69) is 11.2 Å². The van der Waals surface area contributed by atoms with Gasteiger partial charge in [0, 0.05) is 0 Å². The summed E-state index contributed by atoms with van der Waals surface area (Å²) in [6.45, 7) is 3.36. The fourth-order valence-electron chi connectivity index (χ4n) is 1.49. The van der Waals surface area contributed by atoms with Gasteiger partial charge in [-0.3, -0.25) is 4.79 Å². The summed E-state index contributed by atoms with van der Waals surface area (Å²) in [6, 6.07) is 5.63. The lowest BCUT2D eigenvalue weighted by Crippen LogP contribution is -2.30. The molecular formula is C15H17NO4. The molecule has 1 aromatic carbocycles. The minimum absolute atomic E-state index is 0.107. The van der Waals surface area contributed by atoms with Crippen molar-refractivity contribution in [1.82, 2.24) is 5.32 Å². The second-order valence-electron chi connectivity index (χ2n) is 4.20. The van der Waals surface area contributed by atoms with Crippen molar-refractivity contribution in [2.24, 2.45) is 0 Å². The van der Waals surface area contributed by atoms with E-state index in [-0.39, 0.29) is 19.8 Å². The van der Waals surface area contributed by atoms with Gasteiger partial charge in [0.2, 0.25) is 0 Å². The lowest BCUT2D eigenvalue weighted by atomic mass is 10.1. The monoisotopic (exact) mass is 275 g/mol. The Bertz CT molecular complexity index is 531. The molecule has 0 bridgehead atoms. The summed E-state index contributed by atoms with van der Waals surface area (Å²) < 4.78 is 10.1. The predicted molar refractivity (Wildman–Crippen MR) is 74.2 cm³/mol. The van der Waals surface area contributed by atoms with Crippen LogP contribution in [0.3, 0.4) is 0 Å². The van der Waals surface area contributed by atoms with Crippen LogP contribution in [-0.2, 0) is 14.3 Å². The molecule has 0 spiro atoms. The molecule has 0 aliphatic carbocycles. The van der Waals surface area contributed by atoms with Crippen LogP contribution in [-0.4, -0.2) is 31.6 Å². The van der Waals surface area contributed by atoms with E-state index in [0.717, 1.165) is 11.1 Å². The zero-order valence-electron chi connectivity index (χ0n) is 11.6. The number of aryl methyl sites for hydroxylation is 2. The Balaban J connectivity index is 2.33. The van der Waals surface area contributed by atoms with Crippen molar-refractivity contribution in [3.63, 3.8) is 0 Å². The highest BCUT2D eigenvalue weighted by molar-refractivity contribution is 5.81. The number of terminal acetylenes is 1. The lowest BCUT2D eigenvalue weighted by molar-refractivity contribution is -0.150. The first-order valence-electron chi connectivity index (χ1n) is 6.08. The molecule has 0 fully saturated rings. The maximum Gasteiger partial charge on any atom is 0.344 e. The molecule has 0 atom stereocenters. The van der Waals surface area contributed by atoms with Gasteiger partial charge < -0.3 is 14.8 Å². The average molecular weight is 275 g/mol. The highest BCUT2D eigenvalue weighted by Crippen LogP contribution is 2.18. The van der Waals surface area contributed by atoms with Crippen molar-refractivity contribution in [2.45, 2.75) is 13.8 Å². The molecule has 0 saturated carbocycles. The highest BCUT2D eigenvalue weighted by Gasteiger charge is 2.08. The molecule has 5 heteroatoms. The molecule has 1 aromatic rings. The molecule has 0 aliphatic rings. The van der Waals surface area contributed by atoms with Gasteiger partial charge in [0.05, 0.1) is 6.54 Å². The number of carbonyl (C=O) groups excluding carboxylic acids is 2. The van der Waals surface area contributed by atoms with Gasteiger partial charge in [-0.2, -0.15) is 0 Å². The Labute approximate surface area is 118 Å². The molecule has 1 N–H and O–H groups in total. The van der Waals surface area contributed by atoms with Crippen LogP contribution >= 0.6 is 0 Å². The Morgan fingerprint density at radius 3 is 2.70 bits per heavy atom. The van der Waals surface area contributed by atoms with Crippen molar-refractivity contribution in [1.29, 1.82) is 0 Å². The van der Waals surface area contributed by atoms with Crippen LogP contribution < -0.4 is 10.1 Å². The predicted octanol–water partition coefficient (Wildman–Crippen LogP) is 0.975. The quantitative estimate of drug-likeness (QED) is 0.621. The van der Waals surface area contributed by atoms with Crippen LogP contribution in [0.4, 0.5) is 0 Å². The van der Waals surface area contributed by atoms with Crippen LogP contribution in [0.2, 0.25) is 0 Å². The standard InChI is InChI=1S/C15H17NO4/c1-4-7-16-14(17)9-20-15(18)10-19-13-6-5-11(2)8-12(13)3/h1,5-6,8H,7,9-10H2,2-3H3,(H,16,17). The number of hydrogen-bond donors (Lipinski definition) is 1. The largest absolute Gasteiger partial charge is 0.482 e. The molecule has 1 amide bonds. The van der Waals surface area contributed by atoms with E-state index >= 15 is 0 Å². The molecule has 20 heavy (non-hydrogen) atoms. The number of amides is 1. The lowest BCUT2D eigenvalue weighted by Gasteiger charge is -2.09. The van der Waals surface area contributed by atoms with E-state index in [1.165, 1.54) is 0 Å². The number of esters is 1. The van der Waals surface area contributed by atoms with Gasteiger partial charge in [-0.1, -0.05) is 23.6 Å². The second kappa shape index (κ2) is 7.85. The number of nitrogens with one attached hydrogen (secondary N) is 1. The van der Waals surface area contributed by atoms with Crippen molar-refractivity contribution in [2.75, 3.05) is 19.8 Å². The maximum absolute atomic E-state index is 11.4. The van der Waals surface area contributed by atoms with E-state index in [9.17, 15) is 9.59 Å². The van der Waals surface area contributed by atoms with Crippen LogP contribution in [0.25, 0.3) is 0 Å². The zero-order valence-corrected chi connectivity index (χ0v) is 11.6. The SMILES string of the molecule is C#CCNC(=O)COC(=O)COc1ccc(C)cc1C. The number of rotatable bonds is 6. The minimum atomic E-state index is -0.610. The Morgan fingerprint density at radius 2 is 2.05 bits per heavy atom. The first kappa shape index (κ1) is 15.6. The van der Waals surface area contributed by atoms with Gasteiger partial charge in [-0.05, 0) is 25.5 Å². The minimum Gasteiger partial charge on any atom is -0.482 e. The Morgan fingerprint density at radius 1 is 1.30 bits per heavy atom. The first-order chi connectivity index (χ1) is 9.52. The van der Waals surface area contributed by atoms with E-state index in [1.54, 1.807) is 6.07 Å². The summed E-state index contributed by atoms with van der Waals surface area (Å²) >= 11 is 0. The first-order valence-corrected chi connectivity index (χ1v) is 6.08. The maximum atomic E-state index is 11.4. The van der Waals surface area contributed by atoms with E-state index in [4.69, 9.17) is 15.9 Å². The number of carbonyl (C=O) groups is 2. The molecule has 0 saturated heterocycles. The normalized spacial score (nSPS) is 9.45. The van der Waals surface area contributed by atoms with E-state index in [1.807, 2.05) is 26.0 Å². The molecule has 0 radical (unpaired) electrons. The summed E-state index contributed by atoms with van der Waals surface area (Å²) in [6.07, 6.45) is 4.98. The Kier molecular flexibility index (Phi) is 6.11. The summed E-state index contributed by atoms with van der Waals surface area (Å²) in [5.74, 6) is 1.81. The molecule has 106 valence electrons. The number of benzene rings is 1. The van der Waals surface area contributed by atoms with E-state index in [0.29, 0.717) is 5.75 Å². The third-order valence-corrected chi connectivity index (χ3v) is 2.43. The average Bonchev–Trinajstić information content (AvgIpc) is 2.41. The van der Waals surface area contributed by atoms with Gasteiger partial charge in [-0.25, -0.2) is 4.79 Å². The molecule has 0 heterocycles. The van der Waals surface area contributed by atoms with Crippen LogP contribution in [0.5, 0.6) is 5.75 Å². The highest BCUT2D eigenvalue weighted by atomic mass is 16.6. The molecule has 0 unspecified atom stereocenters. The summed E-state index contributed by atoms with van der Waals surface area (Å²) in [5, 5.41) is 2.38. The van der Waals surface area contributed by atoms with Crippen molar-refractivity contribution >= 4 is 11.9 Å². The molecular weight excluding hydrogens is 258 g/mol. The van der Waals surface area contributed by atoms with Gasteiger partial charge in [0.15, 0.2) is 13.2 Å². The van der Waals surface area contributed by atoms with Gasteiger partial charge in [0.25, 0.3) is 5.91 Å². The Hall–Kier alpha value is -2.48. The van der Waals surface area contributed by atoms with Crippen molar-refractivity contribution < 1.29 is 19.1 Å². The fourth-order valence-corrected chi connectivity index (χ4v) is 1.49. The molecule has 5 nitrogen and oxygen atoms in total. The number of ether oxygens (including phenoxy) is 2. The third kappa shape index (κ3) is 5.44. The summed E-state index contributed by atoms with van der Waals surface area (Å²) in [5.41, 5.74) is 2.05. The topological polar surface area (TPSA) is 64.6 Å². The van der Waals surface area contributed by atoms with Gasteiger partial charge in [0.1, 0.15) is 5.75 Å². The third-order valence-electron chi connectivity index (χ3n) is 2.43. The van der Waals surface area contributed by atoms with E-state index < -0.39 is 11.9 Å². The van der Waals surface area contributed by atoms with Gasteiger partial charge >= 0.3 is 5.97 Å². The number of hydrogen-bond acceptors (Lipinski definition) is 4. The van der Waals surface area contributed by atoms with Crippen LogP contribution in [0.1, 0.15) is 11.1 Å². The summed E-state index contributed by atoms with van der Waals surface area (Å²) in [4.78, 5) is 22.6. The molecule has 0 aromatic heterocycles. The molecule has 1 rings (SSSR count). The summed E-state index contributed by atoms with van der Waals surface area (Å²) in [7, 11) is 0. The second-order valence-corrected chi connectivity index (χ2v) is 4.20. The molecule has 0 aliphatic heterocycles. The van der Waals surface area contributed by atoms with Crippen molar-refractivity contribution in [3.8, 4) is 18.1 Å². The fraction of sp³-hybridized carbons (Fsp3) is 0.333. The van der Waals surface area contributed by atoms with Crippen molar-refractivity contribution in [3.05, 3.63) is 29.3 Å². The smallest absolute Gasteiger partial charge is 0.344 e.